The van der Waals surface area contributed by atoms with E-state index in [0.29, 0.717) is 5.75 Å². The Morgan fingerprint density at radius 3 is 2.00 bits per heavy atom. The molecule has 0 aromatic heterocycles. The third-order valence-electron chi connectivity index (χ3n) is 4.85. The number of thiol groups is 1. The predicted molar refractivity (Wildman–Crippen MR) is 123 cm³/mol. The van der Waals surface area contributed by atoms with Crippen LogP contribution in [0.4, 0.5) is 0 Å². The number of thioether (sulfide) groups is 1. The quantitative estimate of drug-likeness (QED) is 0.202. The molecule has 0 aliphatic rings. The van der Waals surface area contributed by atoms with Crippen LogP contribution < -0.4 is 21.7 Å². The van der Waals surface area contributed by atoms with Crippen molar-refractivity contribution < 1.29 is 24.3 Å². The summed E-state index contributed by atoms with van der Waals surface area (Å²) in [5.41, 5.74) is 5.94. The minimum Gasteiger partial charge on any atom is -0.480 e. The number of nitrogens with one attached hydrogen (secondary N) is 3. The van der Waals surface area contributed by atoms with Crippen LogP contribution in [-0.2, 0) is 19.2 Å². The normalized spacial score (nSPS) is 16.1. The maximum atomic E-state index is 12.7. The molecular formula is C19H36N4O5S2. The topological polar surface area (TPSA) is 151 Å². The molecule has 3 amide bonds. The molecule has 5 unspecified atom stereocenters. The smallest absolute Gasteiger partial charge is 0.326 e. The molecule has 174 valence electrons. The summed E-state index contributed by atoms with van der Waals surface area (Å²) in [6.07, 6.45) is 2.81. The van der Waals surface area contributed by atoms with Crippen LogP contribution in [0.3, 0.4) is 0 Å². The minimum atomic E-state index is -1.15. The van der Waals surface area contributed by atoms with Gasteiger partial charge in [-0.2, -0.15) is 24.4 Å². The largest absolute Gasteiger partial charge is 0.480 e. The number of hydrogen-bond acceptors (Lipinski definition) is 7. The van der Waals surface area contributed by atoms with Crippen molar-refractivity contribution in [2.24, 2.45) is 17.6 Å². The van der Waals surface area contributed by atoms with E-state index in [9.17, 15) is 24.3 Å². The number of carbonyl (C=O) groups excluding carboxylic acids is 3. The van der Waals surface area contributed by atoms with Crippen LogP contribution in [-0.4, -0.2) is 70.7 Å². The molecule has 0 radical (unpaired) electrons. The van der Waals surface area contributed by atoms with Gasteiger partial charge in [0, 0.05) is 5.75 Å². The van der Waals surface area contributed by atoms with Crippen molar-refractivity contribution in [1.82, 2.24) is 16.0 Å². The molecule has 11 heteroatoms. The van der Waals surface area contributed by atoms with Crippen LogP contribution in [0.1, 0.15) is 40.5 Å². The number of rotatable bonds is 14. The van der Waals surface area contributed by atoms with E-state index < -0.39 is 47.9 Å². The molecule has 0 spiro atoms. The van der Waals surface area contributed by atoms with Crippen molar-refractivity contribution in [3.63, 3.8) is 0 Å². The molecule has 0 aromatic carbocycles. The molecule has 9 nitrogen and oxygen atoms in total. The molecule has 0 bridgehead atoms. The number of nitrogens with two attached hydrogens (primary N) is 1. The maximum absolute atomic E-state index is 12.7. The second kappa shape index (κ2) is 14.5. The highest BCUT2D eigenvalue weighted by molar-refractivity contribution is 7.98. The molecule has 0 saturated heterocycles. The Balaban J connectivity index is 5.15. The second-order valence-corrected chi connectivity index (χ2v) is 8.92. The lowest BCUT2D eigenvalue weighted by atomic mass is 9.97. The van der Waals surface area contributed by atoms with Crippen molar-refractivity contribution >= 4 is 48.1 Å². The molecule has 6 N–H and O–H groups in total. The van der Waals surface area contributed by atoms with Crippen LogP contribution in [0.25, 0.3) is 0 Å². The van der Waals surface area contributed by atoms with Crippen LogP contribution >= 0.6 is 24.4 Å². The Bertz CT molecular complexity index is 591. The van der Waals surface area contributed by atoms with Crippen molar-refractivity contribution in [1.29, 1.82) is 0 Å². The fourth-order valence-electron chi connectivity index (χ4n) is 2.52. The number of carboxylic acids is 1. The minimum absolute atomic E-state index is 0.0302. The van der Waals surface area contributed by atoms with Gasteiger partial charge in [-0.3, -0.25) is 14.4 Å². The molecule has 30 heavy (non-hydrogen) atoms. The van der Waals surface area contributed by atoms with Gasteiger partial charge in [0.1, 0.15) is 18.1 Å². The Morgan fingerprint density at radius 2 is 1.57 bits per heavy atom. The van der Waals surface area contributed by atoms with Gasteiger partial charge in [0.2, 0.25) is 17.7 Å². The van der Waals surface area contributed by atoms with Crippen LogP contribution in [0, 0.1) is 11.8 Å². The first-order valence-electron chi connectivity index (χ1n) is 9.99. The zero-order valence-corrected chi connectivity index (χ0v) is 20.0. The van der Waals surface area contributed by atoms with Gasteiger partial charge in [-0.05, 0) is 30.3 Å². The third kappa shape index (κ3) is 9.57. The highest BCUT2D eigenvalue weighted by Gasteiger charge is 2.31. The second-order valence-electron chi connectivity index (χ2n) is 7.57. The Labute approximate surface area is 188 Å². The molecule has 0 fully saturated rings. The highest BCUT2D eigenvalue weighted by Crippen LogP contribution is 2.09. The molecule has 0 aliphatic carbocycles. The standard InChI is InChI=1S/C19H36N4O5S2/c1-6-11(4)14(20)17(25)23-15(10(2)3)18(26)22-13(9-29)16(24)21-12(19(27)28)7-8-30-5/h10-15,29H,6-9,20H2,1-5H3,(H,21,24)(H,22,26)(H,23,25)(H,27,28). The summed E-state index contributed by atoms with van der Waals surface area (Å²) < 4.78 is 0. The summed E-state index contributed by atoms with van der Waals surface area (Å²) in [5.74, 6) is -2.55. The zero-order valence-electron chi connectivity index (χ0n) is 18.3. The Kier molecular flexibility index (Phi) is 13.8. The van der Waals surface area contributed by atoms with E-state index in [2.05, 4.69) is 28.6 Å². The number of amides is 3. The van der Waals surface area contributed by atoms with Gasteiger partial charge in [0.05, 0.1) is 6.04 Å². The molecule has 0 heterocycles. The first kappa shape index (κ1) is 28.5. The molecule has 0 aliphatic heterocycles. The average Bonchev–Trinajstić information content (AvgIpc) is 2.70. The summed E-state index contributed by atoms with van der Waals surface area (Å²) in [5, 5.41) is 16.9. The maximum Gasteiger partial charge on any atom is 0.326 e. The predicted octanol–water partition coefficient (Wildman–Crippen LogP) is 0.238. The highest BCUT2D eigenvalue weighted by atomic mass is 32.2. The van der Waals surface area contributed by atoms with E-state index in [1.165, 1.54) is 11.8 Å². The van der Waals surface area contributed by atoms with Crippen molar-refractivity contribution in [2.45, 2.75) is 64.7 Å². The lowest BCUT2D eigenvalue weighted by molar-refractivity contribution is -0.142. The fraction of sp³-hybridized carbons (Fsp3) is 0.789. The monoisotopic (exact) mass is 464 g/mol. The van der Waals surface area contributed by atoms with E-state index >= 15 is 0 Å². The van der Waals surface area contributed by atoms with Gasteiger partial charge in [-0.25, -0.2) is 4.79 Å². The van der Waals surface area contributed by atoms with Gasteiger partial charge in [0.25, 0.3) is 0 Å². The van der Waals surface area contributed by atoms with Gasteiger partial charge in [-0.1, -0.05) is 34.1 Å². The third-order valence-corrected chi connectivity index (χ3v) is 5.86. The van der Waals surface area contributed by atoms with Gasteiger partial charge in [-0.15, -0.1) is 0 Å². The van der Waals surface area contributed by atoms with E-state index in [1.54, 1.807) is 13.8 Å². The van der Waals surface area contributed by atoms with Crippen LogP contribution in [0.5, 0.6) is 0 Å². The first-order chi connectivity index (χ1) is 14.0. The SMILES string of the molecule is CCC(C)C(N)C(=O)NC(C(=O)NC(CS)C(=O)NC(CCSC)C(=O)O)C(C)C. The van der Waals surface area contributed by atoms with E-state index in [0.717, 1.165) is 6.42 Å². The summed E-state index contributed by atoms with van der Waals surface area (Å²) in [4.78, 5) is 49.0. The summed E-state index contributed by atoms with van der Waals surface area (Å²) >= 11 is 5.57. The zero-order chi connectivity index (χ0) is 23.4. The molecule has 0 saturated carbocycles. The number of hydrogen-bond donors (Lipinski definition) is 6. The van der Waals surface area contributed by atoms with E-state index in [1.807, 2.05) is 20.1 Å². The van der Waals surface area contributed by atoms with Gasteiger partial charge in [0.15, 0.2) is 0 Å². The van der Waals surface area contributed by atoms with Crippen molar-refractivity contribution in [2.75, 3.05) is 17.8 Å². The number of aliphatic carboxylic acids is 1. The Hall–Kier alpha value is -1.46. The van der Waals surface area contributed by atoms with E-state index in [-0.39, 0.29) is 24.0 Å². The molecular weight excluding hydrogens is 428 g/mol. The lowest BCUT2D eigenvalue weighted by Crippen LogP contribution is -2.59. The van der Waals surface area contributed by atoms with Crippen LogP contribution in [0.15, 0.2) is 0 Å². The first-order valence-corrected chi connectivity index (χ1v) is 12.0. The van der Waals surface area contributed by atoms with E-state index in [4.69, 9.17) is 5.73 Å². The lowest BCUT2D eigenvalue weighted by Gasteiger charge is -2.27. The number of carbonyl (C=O) groups is 4. The Morgan fingerprint density at radius 1 is 1.00 bits per heavy atom. The summed E-state index contributed by atoms with van der Waals surface area (Å²) in [6.45, 7) is 7.30. The van der Waals surface area contributed by atoms with Crippen molar-refractivity contribution in [3.05, 3.63) is 0 Å². The number of carboxylic acid groups (broad SMARTS) is 1. The van der Waals surface area contributed by atoms with Gasteiger partial charge < -0.3 is 26.8 Å². The molecule has 5 atom stereocenters. The summed E-state index contributed by atoms with van der Waals surface area (Å²) in [6, 6.07) is -3.74. The van der Waals surface area contributed by atoms with Crippen molar-refractivity contribution in [3.8, 4) is 0 Å². The fourth-order valence-corrected chi connectivity index (χ4v) is 3.25. The summed E-state index contributed by atoms with van der Waals surface area (Å²) in [7, 11) is 0. The van der Waals surface area contributed by atoms with Gasteiger partial charge >= 0.3 is 5.97 Å². The average molecular weight is 465 g/mol. The molecule has 0 rings (SSSR count). The molecule has 0 aromatic rings. The van der Waals surface area contributed by atoms with Crippen LogP contribution in [0.2, 0.25) is 0 Å².